The molecule has 10 heteroatoms. The van der Waals surface area contributed by atoms with Gasteiger partial charge in [0.2, 0.25) is 5.91 Å². The van der Waals surface area contributed by atoms with Crippen LogP contribution in [0.3, 0.4) is 0 Å². The number of esters is 1. The number of hydrogen-bond acceptors (Lipinski definition) is 6. The van der Waals surface area contributed by atoms with Gasteiger partial charge in [-0.1, -0.05) is 33.6 Å². The summed E-state index contributed by atoms with van der Waals surface area (Å²) in [5, 5.41) is 9.88. The van der Waals surface area contributed by atoms with Gasteiger partial charge >= 0.3 is 5.97 Å². The first-order valence-corrected chi connectivity index (χ1v) is 13.6. The van der Waals surface area contributed by atoms with Crippen LogP contribution in [0, 0.1) is 11.8 Å². The molecule has 1 aromatic carbocycles. The lowest BCUT2D eigenvalue weighted by Crippen LogP contribution is -2.55. The first kappa shape index (κ1) is 25.5. The summed E-state index contributed by atoms with van der Waals surface area (Å²) in [4.78, 5) is 44.1. The van der Waals surface area contributed by atoms with E-state index in [4.69, 9.17) is 16.3 Å². The van der Waals surface area contributed by atoms with Gasteiger partial charge in [0.25, 0.3) is 5.91 Å². The Bertz CT molecular complexity index is 979. The molecule has 6 atom stereocenters. The zero-order valence-electron chi connectivity index (χ0n) is 18.9. The van der Waals surface area contributed by atoms with Gasteiger partial charge in [0.15, 0.2) is 0 Å². The van der Waals surface area contributed by atoms with Gasteiger partial charge in [-0.3, -0.25) is 14.4 Å². The molecule has 2 bridgehead atoms. The number of alkyl halides is 1. The van der Waals surface area contributed by atoms with Crippen LogP contribution in [-0.4, -0.2) is 75.0 Å². The van der Waals surface area contributed by atoms with Crippen LogP contribution in [0.5, 0.6) is 0 Å². The molecule has 3 aliphatic heterocycles. The Morgan fingerprint density at radius 3 is 2.74 bits per heavy atom. The van der Waals surface area contributed by atoms with Crippen LogP contribution in [0.4, 0.5) is 5.69 Å². The van der Waals surface area contributed by atoms with Crippen molar-refractivity contribution < 1.29 is 24.2 Å². The third-order valence-electron chi connectivity index (χ3n) is 6.85. The zero-order chi connectivity index (χ0) is 24.6. The van der Waals surface area contributed by atoms with Crippen molar-refractivity contribution in [2.75, 3.05) is 31.2 Å². The quantitative estimate of drug-likeness (QED) is 0.278. The summed E-state index contributed by atoms with van der Waals surface area (Å²) < 4.78 is 4.60. The van der Waals surface area contributed by atoms with Crippen LogP contribution in [0.1, 0.15) is 19.8 Å². The number of benzene rings is 1. The molecule has 3 unspecified atom stereocenters. The zero-order valence-corrected chi connectivity index (χ0v) is 22.0. The highest BCUT2D eigenvalue weighted by molar-refractivity contribution is 9.09. The van der Waals surface area contributed by atoms with Crippen LogP contribution >= 0.6 is 39.3 Å². The number of halogens is 2. The molecule has 3 fully saturated rings. The van der Waals surface area contributed by atoms with Crippen molar-refractivity contribution in [1.82, 2.24) is 4.90 Å². The number of amides is 2. The van der Waals surface area contributed by atoms with Crippen LogP contribution in [-0.2, 0) is 19.1 Å². The molecule has 0 saturated carbocycles. The molecular weight excluding hydrogens is 544 g/mol. The van der Waals surface area contributed by atoms with E-state index in [9.17, 15) is 19.5 Å². The summed E-state index contributed by atoms with van der Waals surface area (Å²) >= 11 is 11.3. The van der Waals surface area contributed by atoms with Gasteiger partial charge in [0.1, 0.15) is 6.04 Å². The lowest BCUT2D eigenvalue weighted by molar-refractivity contribution is -0.153. The number of aliphatic hydroxyl groups excluding tert-OH is 1. The van der Waals surface area contributed by atoms with Crippen LogP contribution in [0.15, 0.2) is 36.9 Å². The lowest BCUT2D eigenvalue weighted by Gasteiger charge is -2.37. The second-order valence-corrected chi connectivity index (χ2v) is 11.9. The molecule has 7 nitrogen and oxygen atoms in total. The van der Waals surface area contributed by atoms with E-state index < -0.39 is 22.6 Å². The average Bonchev–Trinajstić information content (AvgIpc) is 3.40. The number of anilines is 1. The Morgan fingerprint density at radius 2 is 2.12 bits per heavy atom. The summed E-state index contributed by atoms with van der Waals surface area (Å²) in [5.74, 6) is -2.09. The van der Waals surface area contributed by atoms with Gasteiger partial charge < -0.3 is 19.6 Å². The molecule has 1 spiro atoms. The smallest absolute Gasteiger partial charge is 0.310 e. The Hall–Kier alpha value is -1.55. The van der Waals surface area contributed by atoms with E-state index >= 15 is 0 Å². The molecule has 3 aliphatic rings. The molecular formula is C24H28BrClN2O5S. The molecule has 4 rings (SSSR count). The number of aliphatic hydroxyl groups is 1. The highest BCUT2D eigenvalue weighted by atomic mass is 79.9. The van der Waals surface area contributed by atoms with Crippen molar-refractivity contribution in [3.63, 3.8) is 0 Å². The number of ether oxygens (including phenoxy) is 1. The fourth-order valence-corrected chi connectivity index (χ4v) is 9.34. The molecule has 0 aromatic heterocycles. The first-order valence-electron chi connectivity index (χ1n) is 11.4. The van der Waals surface area contributed by atoms with E-state index in [1.807, 2.05) is 0 Å². The van der Waals surface area contributed by atoms with E-state index in [1.54, 1.807) is 58.8 Å². The second-order valence-electron chi connectivity index (χ2n) is 8.74. The van der Waals surface area contributed by atoms with Gasteiger partial charge in [-0.15, -0.1) is 18.3 Å². The summed E-state index contributed by atoms with van der Waals surface area (Å²) in [6.07, 6.45) is 2.57. The van der Waals surface area contributed by atoms with E-state index in [0.717, 1.165) is 0 Å². The van der Waals surface area contributed by atoms with Crippen molar-refractivity contribution >= 4 is 62.8 Å². The number of rotatable bonds is 9. The fraction of sp³-hybridized carbons (Fsp3) is 0.542. The maximum absolute atomic E-state index is 14.2. The van der Waals surface area contributed by atoms with Gasteiger partial charge in [-0.2, -0.15) is 0 Å². The van der Waals surface area contributed by atoms with Crippen LogP contribution in [0.25, 0.3) is 0 Å². The van der Waals surface area contributed by atoms with E-state index in [1.165, 1.54) is 0 Å². The number of hydrogen-bond donors (Lipinski definition) is 1. The molecule has 3 saturated heterocycles. The van der Waals surface area contributed by atoms with Crippen molar-refractivity contribution in [3.8, 4) is 0 Å². The highest BCUT2D eigenvalue weighted by Crippen LogP contribution is 2.68. The van der Waals surface area contributed by atoms with Crippen molar-refractivity contribution in [1.29, 1.82) is 0 Å². The van der Waals surface area contributed by atoms with Crippen LogP contribution in [0.2, 0.25) is 5.02 Å². The minimum atomic E-state index is -0.776. The van der Waals surface area contributed by atoms with Crippen LogP contribution < -0.4 is 4.90 Å². The minimum Gasteiger partial charge on any atom is -0.466 e. The SMILES string of the molecule is C=CCN(C(=O)C1N(CCCO)C(=O)[C@@H]2[C@@H](C(=O)OCC)[C@@H]3SC12CC3Br)c1ccc(Cl)cc1. The van der Waals surface area contributed by atoms with E-state index in [2.05, 4.69) is 22.5 Å². The van der Waals surface area contributed by atoms with Gasteiger partial charge in [-0.05, 0) is 44.0 Å². The number of fused-ring (bicyclic) bond motifs is 1. The topological polar surface area (TPSA) is 87.2 Å². The molecule has 184 valence electrons. The van der Waals surface area contributed by atoms with Crippen molar-refractivity contribution in [2.45, 2.75) is 40.6 Å². The van der Waals surface area contributed by atoms with Gasteiger partial charge in [-0.25, -0.2) is 0 Å². The lowest BCUT2D eigenvalue weighted by atomic mass is 9.71. The normalized spacial score (nSPS) is 31.5. The molecule has 1 N–H and O–H groups in total. The fourth-order valence-electron chi connectivity index (χ4n) is 5.62. The molecule has 3 heterocycles. The molecule has 0 aliphatic carbocycles. The Labute approximate surface area is 216 Å². The number of carbonyl (C=O) groups is 3. The van der Waals surface area contributed by atoms with Gasteiger partial charge in [0.05, 0.1) is 23.2 Å². The number of thioether (sulfide) groups is 1. The number of nitrogens with zero attached hydrogens (tertiary/aromatic N) is 2. The number of likely N-dealkylation sites (tertiary alicyclic amines) is 1. The maximum Gasteiger partial charge on any atom is 0.310 e. The maximum atomic E-state index is 14.2. The predicted octanol–water partition coefficient (Wildman–Crippen LogP) is 3.27. The molecule has 34 heavy (non-hydrogen) atoms. The molecule has 0 radical (unpaired) electrons. The highest BCUT2D eigenvalue weighted by Gasteiger charge is 2.76. The Morgan fingerprint density at radius 1 is 1.41 bits per heavy atom. The largest absolute Gasteiger partial charge is 0.466 e. The predicted molar refractivity (Wildman–Crippen MR) is 136 cm³/mol. The standard InChI is InChI=1S/C24H28BrClN2O5S/c1-3-10-27(15-8-6-14(26)7-9-15)22(31)20-24-13-16(25)19(34-24)17(23(32)33-4-2)18(24)21(30)28(20)11-5-12-29/h3,6-9,16-20,29H,1,4-5,10-13H2,2H3/t16?,17-,18+,19-,20?,24?/m1/s1. The molecule has 2 amide bonds. The van der Waals surface area contributed by atoms with Gasteiger partial charge in [0, 0.05) is 40.5 Å². The second kappa shape index (κ2) is 10.2. The van der Waals surface area contributed by atoms with Crippen molar-refractivity contribution in [3.05, 3.63) is 41.9 Å². The Balaban J connectivity index is 1.78. The first-order chi connectivity index (χ1) is 16.3. The van der Waals surface area contributed by atoms with E-state index in [0.29, 0.717) is 23.6 Å². The third kappa shape index (κ3) is 4.08. The average molecular weight is 572 g/mol. The monoisotopic (exact) mass is 570 g/mol. The Kier molecular flexibility index (Phi) is 7.67. The minimum absolute atomic E-state index is 0.0209. The summed E-state index contributed by atoms with van der Waals surface area (Å²) in [7, 11) is 0. The molecule has 1 aromatic rings. The summed E-state index contributed by atoms with van der Waals surface area (Å²) in [6, 6.07) is 6.18. The number of carbonyl (C=O) groups excluding carboxylic acids is 3. The van der Waals surface area contributed by atoms with E-state index in [-0.39, 0.29) is 54.2 Å². The summed E-state index contributed by atoms with van der Waals surface area (Å²) in [5.41, 5.74) is 0.651. The third-order valence-corrected chi connectivity index (χ3v) is 10.3. The summed E-state index contributed by atoms with van der Waals surface area (Å²) in [6.45, 7) is 6.17. The van der Waals surface area contributed by atoms with Crippen molar-refractivity contribution in [2.24, 2.45) is 11.8 Å².